The van der Waals surface area contributed by atoms with Crippen LogP contribution in [0.15, 0.2) is 91.0 Å². The van der Waals surface area contributed by atoms with Gasteiger partial charge in [0.1, 0.15) is 11.2 Å². The standard InChI is InChI=1S/C29H29N3O2/c1-21(23-13-7-4-8-14-23)19-32-27(33)26-17-24-15-9-10-16-25(24)31(26)20-29(32,2)28(34)30-18-22-11-5-3-6-12-22/h3-17,21H,18-20H2,1-2H3,(H,30,34)/t21-,29+/m0/s1. The first-order valence-corrected chi connectivity index (χ1v) is 11.7. The Labute approximate surface area is 200 Å². The molecule has 2 atom stereocenters. The van der Waals surface area contributed by atoms with E-state index in [9.17, 15) is 9.59 Å². The van der Waals surface area contributed by atoms with Gasteiger partial charge in [-0.15, -0.1) is 0 Å². The van der Waals surface area contributed by atoms with Crippen molar-refractivity contribution >= 4 is 22.7 Å². The smallest absolute Gasteiger partial charge is 0.271 e. The van der Waals surface area contributed by atoms with Gasteiger partial charge in [0.25, 0.3) is 5.91 Å². The van der Waals surface area contributed by atoms with Crippen LogP contribution in [0.5, 0.6) is 0 Å². The van der Waals surface area contributed by atoms with Crippen LogP contribution in [-0.4, -0.2) is 33.4 Å². The van der Waals surface area contributed by atoms with E-state index in [4.69, 9.17) is 0 Å². The Morgan fingerprint density at radius 2 is 1.62 bits per heavy atom. The molecule has 1 aromatic heterocycles. The lowest BCUT2D eigenvalue weighted by Gasteiger charge is -2.45. The first kappa shape index (κ1) is 22.0. The van der Waals surface area contributed by atoms with Gasteiger partial charge in [-0.2, -0.15) is 0 Å². The second kappa shape index (κ2) is 8.82. The minimum Gasteiger partial charge on any atom is -0.350 e. The van der Waals surface area contributed by atoms with Gasteiger partial charge in [-0.05, 0) is 36.1 Å². The van der Waals surface area contributed by atoms with E-state index in [0.29, 0.717) is 25.3 Å². The summed E-state index contributed by atoms with van der Waals surface area (Å²) in [5, 5.41) is 4.11. The molecule has 0 saturated heterocycles. The molecule has 0 fully saturated rings. The molecule has 0 saturated carbocycles. The quantitative estimate of drug-likeness (QED) is 0.450. The molecule has 1 aliphatic rings. The SMILES string of the molecule is C[C@@H](CN1C(=O)c2cc3ccccc3n2C[C@]1(C)C(=O)NCc1ccccc1)c1ccccc1. The normalized spacial score (nSPS) is 18.5. The van der Waals surface area contributed by atoms with Crippen molar-refractivity contribution in [2.75, 3.05) is 6.54 Å². The second-order valence-corrected chi connectivity index (χ2v) is 9.34. The van der Waals surface area contributed by atoms with E-state index in [0.717, 1.165) is 22.0 Å². The molecular weight excluding hydrogens is 422 g/mol. The summed E-state index contributed by atoms with van der Waals surface area (Å²) < 4.78 is 2.00. The fourth-order valence-electron chi connectivity index (χ4n) is 4.92. The molecule has 5 rings (SSSR count). The van der Waals surface area contributed by atoms with Crippen LogP contribution < -0.4 is 5.32 Å². The second-order valence-electron chi connectivity index (χ2n) is 9.34. The highest BCUT2D eigenvalue weighted by molar-refractivity contribution is 6.03. The number of carbonyl (C=O) groups is 2. The molecule has 172 valence electrons. The zero-order valence-electron chi connectivity index (χ0n) is 19.6. The average Bonchev–Trinajstić information content (AvgIpc) is 3.24. The van der Waals surface area contributed by atoms with Gasteiger partial charge in [-0.1, -0.05) is 85.8 Å². The number of nitrogens with zero attached hydrogens (tertiary/aromatic N) is 2. The summed E-state index contributed by atoms with van der Waals surface area (Å²) in [5.74, 6) is -0.168. The fourth-order valence-corrected chi connectivity index (χ4v) is 4.92. The van der Waals surface area contributed by atoms with E-state index in [1.807, 2.05) is 90.4 Å². The number of hydrogen-bond acceptors (Lipinski definition) is 2. The summed E-state index contributed by atoms with van der Waals surface area (Å²) in [4.78, 5) is 29.4. The molecule has 0 aliphatic carbocycles. The number of hydrogen-bond donors (Lipinski definition) is 1. The summed E-state index contributed by atoms with van der Waals surface area (Å²) in [6.07, 6.45) is 0. The molecule has 2 amide bonds. The van der Waals surface area contributed by atoms with Gasteiger partial charge in [0.2, 0.25) is 5.91 Å². The molecule has 34 heavy (non-hydrogen) atoms. The summed E-state index contributed by atoms with van der Waals surface area (Å²) in [5.41, 5.74) is 2.76. The monoisotopic (exact) mass is 451 g/mol. The maximum atomic E-state index is 13.9. The number of para-hydroxylation sites is 1. The number of rotatable bonds is 6. The maximum Gasteiger partial charge on any atom is 0.271 e. The molecule has 5 heteroatoms. The number of aromatic nitrogens is 1. The molecule has 2 heterocycles. The van der Waals surface area contributed by atoms with Crippen molar-refractivity contribution in [2.45, 2.75) is 38.4 Å². The third-order valence-electron chi connectivity index (χ3n) is 6.95. The Bertz CT molecular complexity index is 1330. The molecule has 0 unspecified atom stereocenters. The van der Waals surface area contributed by atoms with Gasteiger partial charge < -0.3 is 14.8 Å². The van der Waals surface area contributed by atoms with Crippen LogP contribution in [0.2, 0.25) is 0 Å². The summed E-state index contributed by atoms with van der Waals surface area (Å²) in [6.45, 7) is 5.28. The topological polar surface area (TPSA) is 54.3 Å². The van der Waals surface area contributed by atoms with Gasteiger partial charge in [-0.25, -0.2) is 0 Å². The largest absolute Gasteiger partial charge is 0.350 e. The molecule has 1 aliphatic heterocycles. The zero-order valence-corrected chi connectivity index (χ0v) is 19.6. The first-order valence-electron chi connectivity index (χ1n) is 11.7. The van der Waals surface area contributed by atoms with Crippen molar-refractivity contribution < 1.29 is 9.59 Å². The van der Waals surface area contributed by atoms with Crippen LogP contribution in [0, 0.1) is 0 Å². The van der Waals surface area contributed by atoms with Crippen LogP contribution in [0.3, 0.4) is 0 Å². The van der Waals surface area contributed by atoms with Gasteiger partial charge >= 0.3 is 0 Å². The van der Waals surface area contributed by atoms with E-state index in [-0.39, 0.29) is 17.7 Å². The van der Waals surface area contributed by atoms with Crippen LogP contribution in [0.25, 0.3) is 10.9 Å². The molecule has 1 N–H and O–H groups in total. The van der Waals surface area contributed by atoms with E-state index in [1.165, 1.54) is 0 Å². The minimum absolute atomic E-state index is 0.0855. The van der Waals surface area contributed by atoms with Gasteiger partial charge in [0, 0.05) is 24.0 Å². The van der Waals surface area contributed by atoms with Crippen LogP contribution >= 0.6 is 0 Å². The van der Waals surface area contributed by atoms with E-state index in [2.05, 4.69) is 24.4 Å². The van der Waals surface area contributed by atoms with Gasteiger partial charge in [0.15, 0.2) is 0 Å². The number of carbonyl (C=O) groups excluding carboxylic acids is 2. The average molecular weight is 452 g/mol. The highest BCUT2D eigenvalue weighted by atomic mass is 16.2. The van der Waals surface area contributed by atoms with Crippen molar-refractivity contribution in [1.29, 1.82) is 0 Å². The lowest BCUT2D eigenvalue weighted by Crippen LogP contribution is -2.64. The predicted octanol–water partition coefficient (Wildman–Crippen LogP) is 4.98. The highest BCUT2D eigenvalue weighted by Crippen LogP contribution is 2.34. The van der Waals surface area contributed by atoms with Crippen molar-refractivity contribution in [1.82, 2.24) is 14.8 Å². The minimum atomic E-state index is -1.02. The molecule has 0 spiro atoms. The molecule has 0 radical (unpaired) electrons. The highest BCUT2D eigenvalue weighted by Gasteiger charge is 2.48. The van der Waals surface area contributed by atoms with Crippen molar-refractivity contribution in [3.63, 3.8) is 0 Å². The fraction of sp³-hybridized carbons (Fsp3) is 0.241. The van der Waals surface area contributed by atoms with Crippen molar-refractivity contribution in [2.24, 2.45) is 0 Å². The summed E-state index contributed by atoms with van der Waals surface area (Å²) >= 11 is 0. The Kier molecular flexibility index (Phi) is 5.70. The van der Waals surface area contributed by atoms with Gasteiger partial charge in [0.05, 0.1) is 6.54 Å². The molecule has 3 aromatic carbocycles. The number of fused-ring (bicyclic) bond motifs is 3. The maximum absolute atomic E-state index is 13.9. The third kappa shape index (κ3) is 3.87. The zero-order chi connectivity index (χ0) is 23.7. The summed E-state index contributed by atoms with van der Waals surface area (Å²) in [7, 11) is 0. The Morgan fingerprint density at radius 1 is 0.971 bits per heavy atom. The summed E-state index contributed by atoms with van der Waals surface area (Å²) in [6, 6.07) is 29.9. The Hall–Kier alpha value is -3.86. The third-order valence-corrected chi connectivity index (χ3v) is 6.95. The lowest BCUT2D eigenvalue weighted by atomic mass is 9.91. The van der Waals surface area contributed by atoms with Gasteiger partial charge in [-0.3, -0.25) is 9.59 Å². The number of benzene rings is 3. The van der Waals surface area contributed by atoms with Crippen LogP contribution in [-0.2, 0) is 17.9 Å². The van der Waals surface area contributed by atoms with Crippen molar-refractivity contribution in [3.05, 3.63) is 108 Å². The van der Waals surface area contributed by atoms with Crippen LogP contribution in [0.1, 0.15) is 41.4 Å². The van der Waals surface area contributed by atoms with Crippen molar-refractivity contribution in [3.8, 4) is 0 Å². The number of amides is 2. The van der Waals surface area contributed by atoms with Crippen LogP contribution in [0.4, 0.5) is 0 Å². The predicted molar refractivity (Wildman–Crippen MR) is 135 cm³/mol. The van der Waals surface area contributed by atoms with E-state index >= 15 is 0 Å². The molecule has 0 bridgehead atoms. The Morgan fingerprint density at radius 3 is 2.35 bits per heavy atom. The molecular formula is C29H29N3O2. The Balaban J connectivity index is 1.51. The lowest BCUT2D eigenvalue weighted by molar-refractivity contribution is -0.133. The molecule has 5 nitrogen and oxygen atoms in total. The number of nitrogens with one attached hydrogen (secondary N) is 1. The van der Waals surface area contributed by atoms with E-state index in [1.54, 1.807) is 4.90 Å². The van der Waals surface area contributed by atoms with E-state index < -0.39 is 5.54 Å². The first-order chi connectivity index (χ1) is 16.5. The molecule has 4 aromatic rings.